The van der Waals surface area contributed by atoms with Gasteiger partial charge in [-0.25, -0.2) is 4.90 Å². The van der Waals surface area contributed by atoms with E-state index in [0.29, 0.717) is 0 Å². The number of amides is 2. The third-order valence-electron chi connectivity index (χ3n) is 6.75. The Bertz CT molecular complexity index is 1400. The monoisotopic (exact) mass is 455 g/mol. The van der Waals surface area contributed by atoms with Crippen LogP contribution in [0.4, 0.5) is 17.1 Å². The lowest BCUT2D eigenvalue weighted by atomic mass is 9.87. The van der Waals surface area contributed by atoms with E-state index in [1.165, 1.54) is 36.6 Å². The molecule has 0 aliphatic carbocycles. The summed E-state index contributed by atoms with van der Waals surface area (Å²) in [5.74, 6) is -3.12. The minimum atomic E-state index is -0.967. The first-order valence-electron chi connectivity index (χ1n) is 10.7. The Morgan fingerprint density at radius 3 is 2.53 bits per heavy atom. The number of nitro groups is 1. The van der Waals surface area contributed by atoms with Crippen molar-refractivity contribution in [3.05, 3.63) is 94.4 Å². The number of imide groups is 1. The summed E-state index contributed by atoms with van der Waals surface area (Å²) < 4.78 is 5.36. The number of fused-ring (bicyclic) bond motifs is 5. The summed E-state index contributed by atoms with van der Waals surface area (Å²) in [7, 11) is 0. The van der Waals surface area contributed by atoms with Gasteiger partial charge in [-0.3, -0.25) is 24.5 Å². The standard InChI is InChI=1S/C25H17N3O6/c29-23(19-9-4-12-34-19)22-21-20(18-11-10-14-5-1-2-8-17(14)27(18)22)24(30)26(25(21)31)15-6-3-7-16(13-15)28(32)33/h1-13,18,20-22H/t18-,20+,21-,22-/m0/s1. The van der Waals surface area contributed by atoms with Gasteiger partial charge in [0.15, 0.2) is 5.76 Å². The summed E-state index contributed by atoms with van der Waals surface area (Å²) in [6.45, 7) is 0. The molecule has 0 unspecified atom stereocenters. The van der Waals surface area contributed by atoms with Gasteiger partial charge in [-0.1, -0.05) is 36.4 Å². The number of hydrogen-bond acceptors (Lipinski definition) is 7. The zero-order chi connectivity index (χ0) is 23.6. The van der Waals surface area contributed by atoms with E-state index in [0.717, 1.165) is 16.2 Å². The van der Waals surface area contributed by atoms with Crippen LogP contribution in [0.1, 0.15) is 16.1 Å². The fourth-order valence-corrected chi connectivity index (χ4v) is 5.38. The van der Waals surface area contributed by atoms with Crippen molar-refractivity contribution in [3.8, 4) is 0 Å². The highest BCUT2D eigenvalue weighted by Gasteiger charge is 2.64. The van der Waals surface area contributed by atoms with Gasteiger partial charge in [0.2, 0.25) is 17.6 Å². The number of carbonyl (C=O) groups is 3. The van der Waals surface area contributed by atoms with Crippen LogP contribution in [0, 0.1) is 22.0 Å². The van der Waals surface area contributed by atoms with Crippen LogP contribution in [0.15, 0.2) is 77.4 Å². The molecule has 3 aliphatic heterocycles. The molecular formula is C25H17N3O6. The van der Waals surface area contributed by atoms with E-state index in [9.17, 15) is 24.5 Å². The number of rotatable bonds is 4. The van der Waals surface area contributed by atoms with Crippen molar-refractivity contribution in [2.45, 2.75) is 12.1 Å². The van der Waals surface area contributed by atoms with Crippen molar-refractivity contribution in [2.24, 2.45) is 11.8 Å². The second kappa shape index (κ2) is 7.24. The second-order valence-electron chi connectivity index (χ2n) is 8.44. The molecule has 9 nitrogen and oxygen atoms in total. The van der Waals surface area contributed by atoms with E-state index in [1.807, 2.05) is 41.3 Å². The molecule has 9 heteroatoms. The van der Waals surface area contributed by atoms with Crippen LogP contribution in [-0.4, -0.2) is 34.6 Å². The first-order chi connectivity index (χ1) is 16.5. The maximum absolute atomic E-state index is 13.7. The summed E-state index contributed by atoms with van der Waals surface area (Å²) in [4.78, 5) is 54.5. The number of carbonyl (C=O) groups excluding carboxylic acids is 3. The van der Waals surface area contributed by atoms with E-state index in [4.69, 9.17) is 4.42 Å². The largest absolute Gasteiger partial charge is 0.461 e. The quantitative estimate of drug-likeness (QED) is 0.256. The second-order valence-corrected chi connectivity index (χ2v) is 8.44. The summed E-state index contributed by atoms with van der Waals surface area (Å²) >= 11 is 0. The van der Waals surface area contributed by atoms with Crippen LogP contribution >= 0.6 is 0 Å². The Morgan fingerprint density at radius 1 is 0.971 bits per heavy atom. The van der Waals surface area contributed by atoms with Crippen LogP contribution in [0.5, 0.6) is 0 Å². The summed E-state index contributed by atoms with van der Waals surface area (Å²) in [6.07, 6.45) is 5.12. The fraction of sp³-hybridized carbons (Fsp3) is 0.160. The van der Waals surface area contributed by atoms with E-state index >= 15 is 0 Å². The minimum absolute atomic E-state index is 0.102. The molecule has 2 saturated heterocycles. The lowest BCUT2D eigenvalue weighted by molar-refractivity contribution is -0.384. The number of hydrogen-bond donors (Lipinski definition) is 0. The molecule has 0 spiro atoms. The molecule has 0 N–H and O–H groups in total. The van der Waals surface area contributed by atoms with Gasteiger partial charge in [0.25, 0.3) is 5.69 Å². The Balaban J connectivity index is 1.49. The molecule has 2 fully saturated rings. The summed E-state index contributed by atoms with van der Waals surface area (Å²) in [5.41, 5.74) is 1.53. The van der Waals surface area contributed by atoms with E-state index < -0.39 is 46.4 Å². The van der Waals surface area contributed by atoms with Gasteiger partial charge in [-0.05, 0) is 29.8 Å². The van der Waals surface area contributed by atoms with E-state index in [1.54, 1.807) is 6.07 Å². The highest BCUT2D eigenvalue weighted by atomic mass is 16.6. The lowest BCUT2D eigenvalue weighted by Gasteiger charge is -2.36. The number of furan rings is 1. The zero-order valence-electron chi connectivity index (χ0n) is 17.6. The third kappa shape index (κ3) is 2.70. The van der Waals surface area contributed by atoms with Gasteiger partial charge in [0, 0.05) is 17.8 Å². The number of ketones is 1. The van der Waals surface area contributed by atoms with Crippen LogP contribution in [-0.2, 0) is 9.59 Å². The number of Topliss-reactive ketones (excluding diaryl/α,β-unsaturated/α-hetero) is 1. The molecule has 1 aromatic heterocycles. The highest BCUT2D eigenvalue weighted by molar-refractivity contribution is 6.25. The summed E-state index contributed by atoms with van der Waals surface area (Å²) in [6, 6.07) is 14.5. The molecule has 3 aromatic rings. The van der Waals surface area contributed by atoms with Crippen molar-refractivity contribution < 1.29 is 23.7 Å². The molecule has 4 heterocycles. The molecule has 168 valence electrons. The number of non-ortho nitro benzene ring substituents is 1. The van der Waals surface area contributed by atoms with Crippen molar-refractivity contribution in [1.29, 1.82) is 0 Å². The molecule has 2 aromatic carbocycles. The fourth-order valence-electron chi connectivity index (χ4n) is 5.38. The van der Waals surface area contributed by atoms with Crippen LogP contribution in [0.2, 0.25) is 0 Å². The van der Waals surface area contributed by atoms with Gasteiger partial charge in [-0.15, -0.1) is 0 Å². The molecule has 0 saturated carbocycles. The SMILES string of the molecule is O=C(c1ccco1)[C@@H]1[C@H]2C(=O)N(c3cccc([N+](=O)[O-])c3)C(=O)[C@@H]2[C@@H]2C=Cc3ccccc3N12. The number of nitro benzene ring substituents is 1. The van der Waals surface area contributed by atoms with Gasteiger partial charge < -0.3 is 9.32 Å². The van der Waals surface area contributed by atoms with E-state index in [2.05, 4.69) is 0 Å². The lowest BCUT2D eigenvalue weighted by Crippen LogP contribution is -2.48. The molecule has 0 radical (unpaired) electrons. The smallest absolute Gasteiger partial charge is 0.271 e. The molecular weight excluding hydrogens is 438 g/mol. The highest BCUT2D eigenvalue weighted by Crippen LogP contribution is 2.49. The Labute approximate surface area is 193 Å². The molecule has 6 rings (SSSR count). The van der Waals surface area contributed by atoms with Crippen LogP contribution in [0.3, 0.4) is 0 Å². The Kier molecular flexibility index (Phi) is 4.28. The normalized spacial score (nSPS) is 24.7. The number of benzene rings is 2. The predicted molar refractivity (Wildman–Crippen MR) is 121 cm³/mol. The predicted octanol–water partition coefficient (Wildman–Crippen LogP) is 3.46. The minimum Gasteiger partial charge on any atom is -0.461 e. The molecule has 34 heavy (non-hydrogen) atoms. The van der Waals surface area contributed by atoms with Crippen LogP contribution < -0.4 is 9.80 Å². The summed E-state index contributed by atoms with van der Waals surface area (Å²) in [5, 5.41) is 11.3. The number of nitrogens with zero attached hydrogens (tertiary/aromatic N) is 3. The molecule has 2 amide bonds. The van der Waals surface area contributed by atoms with Gasteiger partial charge in [0.1, 0.15) is 6.04 Å². The Morgan fingerprint density at radius 2 is 1.76 bits per heavy atom. The van der Waals surface area contributed by atoms with Crippen LogP contribution in [0.25, 0.3) is 6.08 Å². The average molecular weight is 455 g/mol. The van der Waals surface area contributed by atoms with Crippen molar-refractivity contribution >= 4 is 40.7 Å². The average Bonchev–Trinajstić information content (AvgIpc) is 3.55. The topological polar surface area (TPSA) is 114 Å². The van der Waals surface area contributed by atoms with Crippen molar-refractivity contribution in [2.75, 3.05) is 9.80 Å². The van der Waals surface area contributed by atoms with Crippen molar-refractivity contribution in [1.82, 2.24) is 0 Å². The molecule has 3 aliphatic rings. The van der Waals surface area contributed by atoms with Gasteiger partial charge in [-0.2, -0.15) is 0 Å². The first kappa shape index (κ1) is 20.1. The van der Waals surface area contributed by atoms with E-state index in [-0.39, 0.29) is 17.1 Å². The Hall–Kier alpha value is -4.53. The van der Waals surface area contributed by atoms with Gasteiger partial charge in [0.05, 0.1) is 34.8 Å². The number of anilines is 2. The maximum Gasteiger partial charge on any atom is 0.271 e. The number of para-hydroxylation sites is 1. The molecule has 4 atom stereocenters. The van der Waals surface area contributed by atoms with Gasteiger partial charge >= 0.3 is 0 Å². The molecule has 0 bridgehead atoms. The van der Waals surface area contributed by atoms with Crippen molar-refractivity contribution in [3.63, 3.8) is 0 Å². The maximum atomic E-state index is 13.7. The zero-order valence-corrected chi connectivity index (χ0v) is 17.6. The first-order valence-corrected chi connectivity index (χ1v) is 10.7. The third-order valence-corrected chi connectivity index (χ3v) is 6.75.